The summed E-state index contributed by atoms with van der Waals surface area (Å²) in [4.78, 5) is 10.2. The van der Waals surface area contributed by atoms with Crippen LogP contribution in [0.3, 0.4) is 0 Å². The molecule has 0 saturated heterocycles. The Morgan fingerprint density at radius 1 is 0.550 bits per heavy atom. The van der Waals surface area contributed by atoms with Gasteiger partial charge in [0.25, 0.3) is 0 Å². The maximum Gasteiger partial charge on any atom is 0.0886 e. The van der Waals surface area contributed by atoms with Crippen LogP contribution in [0.25, 0.3) is 11.4 Å². The third-order valence-electron chi connectivity index (χ3n) is 2.47. The number of hydrogen-bond donors (Lipinski definition) is 2. The van der Waals surface area contributed by atoms with Crippen LogP contribution in [0, 0.1) is 0 Å². The van der Waals surface area contributed by atoms with Crippen molar-refractivity contribution in [2.45, 2.75) is 9.79 Å². The molecule has 0 amide bonds. The van der Waals surface area contributed by atoms with Gasteiger partial charge in [-0.3, -0.25) is 9.97 Å². The summed E-state index contributed by atoms with van der Waals surface area (Å²) in [5.41, 5.74) is 1.83. The summed E-state index contributed by atoms with van der Waals surface area (Å²) in [6, 6.07) is 19.3. The fourth-order valence-electron chi connectivity index (χ4n) is 1.49. The van der Waals surface area contributed by atoms with Gasteiger partial charge in [-0.15, -0.1) is 25.3 Å². The second-order valence-electron chi connectivity index (χ2n) is 3.92. The predicted molar refractivity (Wildman–Crippen MR) is 88.4 cm³/mol. The Balaban J connectivity index is 0.000000160. The fourth-order valence-corrected chi connectivity index (χ4v) is 1.81. The van der Waals surface area contributed by atoms with Crippen LogP contribution in [-0.2, 0) is 0 Å². The van der Waals surface area contributed by atoms with Gasteiger partial charge in [0.1, 0.15) is 0 Å². The second-order valence-corrected chi connectivity index (χ2v) is 4.88. The number of aromatic nitrogens is 2. The van der Waals surface area contributed by atoms with Crippen LogP contribution in [0.4, 0.5) is 0 Å². The van der Waals surface area contributed by atoms with Crippen molar-refractivity contribution >= 4 is 25.3 Å². The highest BCUT2D eigenvalue weighted by Crippen LogP contribution is 2.15. The molecule has 3 rings (SSSR count). The lowest BCUT2D eigenvalue weighted by atomic mass is 10.2. The molecule has 0 saturated carbocycles. The van der Waals surface area contributed by atoms with Gasteiger partial charge in [-0.05, 0) is 36.4 Å². The average Bonchev–Trinajstić information content (AvgIpc) is 2.53. The maximum absolute atomic E-state index is 4.19. The largest absolute Gasteiger partial charge is 0.255 e. The predicted octanol–water partition coefficient (Wildman–Crippen LogP) is 4.41. The van der Waals surface area contributed by atoms with Crippen molar-refractivity contribution in [3.8, 4) is 11.4 Å². The molecule has 0 aliphatic carbocycles. The van der Waals surface area contributed by atoms with E-state index in [1.807, 2.05) is 60.7 Å². The van der Waals surface area contributed by atoms with E-state index in [1.165, 1.54) is 0 Å². The van der Waals surface area contributed by atoms with Crippen molar-refractivity contribution in [1.29, 1.82) is 0 Å². The first-order chi connectivity index (χ1) is 9.77. The monoisotopic (exact) mass is 298 g/mol. The third kappa shape index (κ3) is 4.40. The molecule has 0 radical (unpaired) electrons. The zero-order chi connectivity index (χ0) is 14.2. The molecule has 0 aliphatic heterocycles. The Bertz CT molecular complexity index is 584. The molecule has 0 bridgehead atoms. The Morgan fingerprint density at radius 3 is 1.25 bits per heavy atom. The van der Waals surface area contributed by atoms with E-state index >= 15 is 0 Å². The molecule has 0 aliphatic rings. The summed E-state index contributed by atoms with van der Waals surface area (Å²) < 4.78 is 0. The molecule has 100 valence electrons. The topological polar surface area (TPSA) is 25.8 Å². The minimum absolute atomic E-state index is 0.915. The molecule has 4 heteroatoms. The standard InChI is InChI=1S/C10H8N2.C6H6S2/c1-3-7-11-9(5-1)10-6-2-4-8-12-10;7-5-3-1-2-4-6(5)8/h1-8H;1-4,7-8H. The molecule has 0 unspecified atom stereocenters. The number of pyridine rings is 2. The van der Waals surface area contributed by atoms with E-state index in [0.29, 0.717) is 0 Å². The van der Waals surface area contributed by atoms with Gasteiger partial charge < -0.3 is 0 Å². The Labute approximate surface area is 129 Å². The van der Waals surface area contributed by atoms with Crippen LogP contribution in [0.5, 0.6) is 0 Å². The first kappa shape index (κ1) is 14.6. The molecule has 1 aromatic carbocycles. The highest BCUT2D eigenvalue weighted by molar-refractivity contribution is 7.83. The third-order valence-corrected chi connectivity index (χ3v) is 3.43. The van der Waals surface area contributed by atoms with Crippen LogP contribution in [-0.4, -0.2) is 9.97 Å². The molecular weight excluding hydrogens is 284 g/mol. The van der Waals surface area contributed by atoms with Gasteiger partial charge in [0.15, 0.2) is 0 Å². The lowest BCUT2D eigenvalue weighted by Crippen LogP contribution is -1.83. The number of hydrogen-bond acceptors (Lipinski definition) is 4. The highest BCUT2D eigenvalue weighted by atomic mass is 32.1. The normalized spacial score (nSPS) is 9.50. The molecule has 0 fully saturated rings. The summed E-state index contributed by atoms with van der Waals surface area (Å²) in [5.74, 6) is 0. The number of rotatable bonds is 1. The van der Waals surface area contributed by atoms with Gasteiger partial charge in [-0.1, -0.05) is 24.3 Å². The zero-order valence-electron chi connectivity index (χ0n) is 10.7. The smallest absolute Gasteiger partial charge is 0.0886 e. The zero-order valence-corrected chi connectivity index (χ0v) is 12.5. The summed E-state index contributed by atoms with van der Waals surface area (Å²) in [6.45, 7) is 0. The molecule has 0 atom stereocenters. The van der Waals surface area contributed by atoms with Crippen molar-refractivity contribution in [2.24, 2.45) is 0 Å². The summed E-state index contributed by atoms with van der Waals surface area (Å²) in [5, 5.41) is 0. The molecule has 2 heterocycles. The van der Waals surface area contributed by atoms with Gasteiger partial charge >= 0.3 is 0 Å². The molecule has 0 N–H and O–H groups in total. The van der Waals surface area contributed by atoms with Crippen LogP contribution in [0.15, 0.2) is 82.8 Å². The minimum atomic E-state index is 0.915. The van der Waals surface area contributed by atoms with E-state index in [1.54, 1.807) is 12.4 Å². The Kier molecular flexibility index (Phi) is 5.65. The van der Waals surface area contributed by atoms with Crippen molar-refractivity contribution in [1.82, 2.24) is 9.97 Å². The first-order valence-corrected chi connectivity index (χ1v) is 6.96. The quantitative estimate of drug-likeness (QED) is 0.651. The highest BCUT2D eigenvalue weighted by Gasteiger charge is 1.95. The van der Waals surface area contributed by atoms with Crippen molar-refractivity contribution in [2.75, 3.05) is 0 Å². The SMILES string of the molecule is Sc1ccccc1S.c1ccc(-c2ccccn2)nc1. The van der Waals surface area contributed by atoms with E-state index in [2.05, 4.69) is 35.2 Å². The van der Waals surface area contributed by atoms with E-state index in [4.69, 9.17) is 0 Å². The van der Waals surface area contributed by atoms with Gasteiger partial charge in [0.05, 0.1) is 11.4 Å². The number of benzene rings is 1. The maximum atomic E-state index is 4.19. The van der Waals surface area contributed by atoms with Crippen LogP contribution < -0.4 is 0 Å². The molecular formula is C16H14N2S2. The molecule has 2 nitrogen and oxygen atoms in total. The van der Waals surface area contributed by atoms with Gasteiger partial charge in [0, 0.05) is 22.2 Å². The van der Waals surface area contributed by atoms with E-state index < -0.39 is 0 Å². The molecule has 3 aromatic rings. The van der Waals surface area contributed by atoms with Gasteiger partial charge in [-0.2, -0.15) is 0 Å². The first-order valence-electron chi connectivity index (χ1n) is 6.07. The summed E-state index contributed by atoms with van der Waals surface area (Å²) >= 11 is 8.24. The minimum Gasteiger partial charge on any atom is -0.255 e. The average molecular weight is 298 g/mol. The van der Waals surface area contributed by atoms with E-state index in [9.17, 15) is 0 Å². The van der Waals surface area contributed by atoms with Crippen LogP contribution in [0.1, 0.15) is 0 Å². The van der Waals surface area contributed by atoms with Crippen LogP contribution >= 0.6 is 25.3 Å². The Morgan fingerprint density at radius 2 is 0.950 bits per heavy atom. The molecule has 2 aromatic heterocycles. The van der Waals surface area contributed by atoms with Crippen LogP contribution in [0.2, 0.25) is 0 Å². The second kappa shape index (κ2) is 7.72. The van der Waals surface area contributed by atoms with Gasteiger partial charge in [0.2, 0.25) is 0 Å². The summed E-state index contributed by atoms with van der Waals surface area (Å²) in [6.07, 6.45) is 3.54. The lowest BCUT2D eigenvalue weighted by molar-refractivity contribution is 1.25. The number of nitrogens with zero attached hydrogens (tertiary/aromatic N) is 2. The fraction of sp³-hybridized carbons (Fsp3) is 0. The van der Waals surface area contributed by atoms with Crippen molar-refractivity contribution in [3.63, 3.8) is 0 Å². The molecule has 0 spiro atoms. The van der Waals surface area contributed by atoms with E-state index in [0.717, 1.165) is 21.2 Å². The van der Waals surface area contributed by atoms with E-state index in [-0.39, 0.29) is 0 Å². The van der Waals surface area contributed by atoms with Crippen molar-refractivity contribution < 1.29 is 0 Å². The molecule has 20 heavy (non-hydrogen) atoms. The summed E-state index contributed by atoms with van der Waals surface area (Å²) in [7, 11) is 0. The van der Waals surface area contributed by atoms with Crippen molar-refractivity contribution in [3.05, 3.63) is 73.1 Å². The van der Waals surface area contributed by atoms with Gasteiger partial charge in [-0.25, -0.2) is 0 Å². The lowest BCUT2D eigenvalue weighted by Gasteiger charge is -1.96. The Hall–Kier alpha value is -1.78. The number of thiol groups is 2.